The second kappa shape index (κ2) is 5.35. The first kappa shape index (κ1) is 14.1. The van der Waals surface area contributed by atoms with Crippen molar-refractivity contribution in [2.75, 3.05) is 13.2 Å². The average Bonchev–Trinajstić information content (AvgIpc) is 3.24. The zero-order valence-electron chi connectivity index (χ0n) is 11.7. The summed E-state index contributed by atoms with van der Waals surface area (Å²) in [6.07, 6.45) is 3.86. The largest absolute Gasteiger partial charge is 0.465 e. The van der Waals surface area contributed by atoms with Crippen molar-refractivity contribution in [2.24, 2.45) is 17.3 Å². The van der Waals surface area contributed by atoms with E-state index in [9.17, 15) is 9.59 Å². The molecule has 0 bridgehead atoms. The summed E-state index contributed by atoms with van der Waals surface area (Å²) in [5.41, 5.74) is -0.514. The van der Waals surface area contributed by atoms with Gasteiger partial charge in [-0.15, -0.1) is 0 Å². The van der Waals surface area contributed by atoms with E-state index in [1.807, 2.05) is 0 Å². The fourth-order valence-electron chi connectivity index (χ4n) is 3.00. The smallest absolute Gasteiger partial charge is 0.334 e. The molecular formula is C15H22O4. The molecule has 0 aromatic rings. The summed E-state index contributed by atoms with van der Waals surface area (Å²) >= 11 is 0. The van der Waals surface area contributed by atoms with Crippen LogP contribution in [0.1, 0.15) is 39.5 Å². The molecule has 0 radical (unpaired) electrons. The fourth-order valence-corrected chi connectivity index (χ4v) is 3.00. The molecule has 0 aromatic heterocycles. The maximum absolute atomic E-state index is 12.5. The van der Waals surface area contributed by atoms with Gasteiger partial charge in [0.25, 0.3) is 0 Å². The SMILES string of the molecule is C=C(C(=O)OCC)C(C(=O)OCC)(C1CC1)C1CC1. The van der Waals surface area contributed by atoms with Crippen molar-refractivity contribution in [3.63, 3.8) is 0 Å². The molecule has 0 heterocycles. The maximum Gasteiger partial charge on any atom is 0.334 e. The van der Waals surface area contributed by atoms with Crippen molar-refractivity contribution in [3.8, 4) is 0 Å². The predicted molar refractivity (Wildman–Crippen MR) is 70.3 cm³/mol. The lowest BCUT2D eigenvalue weighted by Crippen LogP contribution is -2.42. The van der Waals surface area contributed by atoms with Crippen LogP contribution in [-0.4, -0.2) is 25.2 Å². The van der Waals surface area contributed by atoms with Crippen LogP contribution in [0.2, 0.25) is 0 Å². The molecule has 106 valence electrons. The first-order valence-electron chi connectivity index (χ1n) is 7.12. The van der Waals surface area contributed by atoms with E-state index in [0.29, 0.717) is 18.8 Å². The monoisotopic (exact) mass is 266 g/mol. The van der Waals surface area contributed by atoms with E-state index in [-0.39, 0.29) is 17.8 Å². The van der Waals surface area contributed by atoms with Crippen LogP contribution in [0.3, 0.4) is 0 Å². The first-order valence-corrected chi connectivity index (χ1v) is 7.12. The zero-order valence-corrected chi connectivity index (χ0v) is 11.7. The molecule has 0 amide bonds. The third kappa shape index (κ3) is 2.40. The van der Waals surface area contributed by atoms with Crippen molar-refractivity contribution >= 4 is 11.9 Å². The lowest BCUT2D eigenvalue weighted by Gasteiger charge is -2.32. The Labute approximate surface area is 114 Å². The molecular weight excluding hydrogens is 244 g/mol. The topological polar surface area (TPSA) is 52.6 Å². The number of esters is 2. The minimum absolute atomic E-state index is 0.205. The number of carbonyl (C=O) groups is 2. The van der Waals surface area contributed by atoms with E-state index in [0.717, 1.165) is 25.7 Å². The van der Waals surface area contributed by atoms with Gasteiger partial charge in [0.1, 0.15) is 5.41 Å². The highest BCUT2D eigenvalue weighted by Crippen LogP contribution is 2.62. The second-order valence-electron chi connectivity index (χ2n) is 5.34. The van der Waals surface area contributed by atoms with Gasteiger partial charge in [-0.3, -0.25) is 4.79 Å². The van der Waals surface area contributed by atoms with Gasteiger partial charge in [-0.05, 0) is 51.4 Å². The van der Waals surface area contributed by atoms with E-state index in [2.05, 4.69) is 6.58 Å². The Morgan fingerprint density at radius 1 is 1.05 bits per heavy atom. The summed E-state index contributed by atoms with van der Waals surface area (Å²) in [5.74, 6) is -0.320. The van der Waals surface area contributed by atoms with E-state index in [1.54, 1.807) is 13.8 Å². The predicted octanol–water partition coefficient (Wildman–Crippen LogP) is 2.48. The van der Waals surface area contributed by atoms with Crippen molar-refractivity contribution in [3.05, 3.63) is 12.2 Å². The van der Waals surface area contributed by atoms with Crippen LogP contribution in [0.5, 0.6) is 0 Å². The normalized spacial score (nSPS) is 18.8. The summed E-state index contributed by atoms with van der Waals surface area (Å²) in [4.78, 5) is 24.5. The first-order chi connectivity index (χ1) is 9.08. The van der Waals surface area contributed by atoms with Gasteiger partial charge in [0.2, 0.25) is 0 Å². The zero-order chi connectivity index (χ0) is 14.0. The highest BCUT2D eigenvalue weighted by atomic mass is 16.5. The van der Waals surface area contributed by atoms with Gasteiger partial charge < -0.3 is 9.47 Å². The molecule has 19 heavy (non-hydrogen) atoms. The van der Waals surface area contributed by atoms with E-state index in [1.165, 1.54) is 0 Å². The Balaban J connectivity index is 2.29. The van der Waals surface area contributed by atoms with Gasteiger partial charge in [-0.2, -0.15) is 0 Å². The standard InChI is InChI=1S/C15H22O4/c1-4-18-13(16)10(3)15(11-6-7-11,12-8-9-12)14(17)19-5-2/h11-12H,3-9H2,1-2H3. The summed E-state index contributed by atoms with van der Waals surface area (Å²) in [5, 5.41) is 0. The Hall–Kier alpha value is -1.32. The van der Waals surface area contributed by atoms with Crippen molar-refractivity contribution < 1.29 is 19.1 Å². The van der Waals surface area contributed by atoms with Crippen LogP contribution in [0.15, 0.2) is 12.2 Å². The molecule has 0 aliphatic heterocycles. The van der Waals surface area contributed by atoms with Crippen LogP contribution in [0, 0.1) is 17.3 Å². The second-order valence-corrected chi connectivity index (χ2v) is 5.34. The molecule has 2 aliphatic carbocycles. The average molecular weight is 266 g/mol. The molecule has 0 atom stereocenters. The Bertz CT molecular complexity index is 379. The van der Waals surface area contributed by atoms with Crippen LogP contribution in [0.4, 0.5) is 0 Å². The number of ether oxygens (including phenoxy) is 2. The number of rotatable bonds is 7. The quantitative estimate of drug-likeness (QED) is 0.524. The Morgan fingerprint density at radius 2 is 1.53 bits per heavy atom. The molecule has 4 nitrogen and oxygen atoms in total. The van der Waals surface area contributed by atoms with E-state index in [4.69, 9.17) is 9.47 Å². The molecule has 4 heteroatoms. The van der Waals surface area contributed by atoms with Gasteiger partial charge in [0.05, 0.1) is 13.2 Å². The van der Waals surface area contributed by atoms with Gasteiger partial charge >= 0.3 is 11.9 Å². The van der Waals surface area contributed by atoms with E-state index < -0.39 is 11.4 Å². The highest BCUT2D eigenvalue weighted by molar-refractivity contribution is 5.98. The minimum Gasteiger partial charge on any atom is -0.465 e. The molecule has 2 saturated carbocycles. The summed E-state index contributed by atoms with van der Waals surface area (Å²) < 4.78 is 10.3. The van der Waals surface area contributed by atoms with Gasteiger partial charge in [0.15, 0.2) is 0 Å². The molecule has 0 N–H and O–H groups in total. The number of hydrogen-bond donors (Lipinski definition) is 0. The van der Waals surface area contributed by atoms with Gasteiger partial charge in [-0.25, -0.2) is 4.79 Å². The summed E-state index contributed by atoms with van der Waals surface area (Å²) in [6.45, 7) is 8.07. The van der Waals surface area contributed by atoms with Crippen LogP contribution >= 0.6 is 0 Å². The summed E-state index contributed by atoms with van der Waals surface area (Å²) in [6, 6.07) is 0. The molecule has 2 rings (SSSR count). The minimum atomic E-state index is -0.817. The van der Waals surface area contributed by atoms with Crippen LogP contribution in [0.25, 0.3) is 0 Å². The third-order valence-corrected chi connectivity index (χ3v) is 4.08. The van der Waals surface area contributed by atoms with Gasteiger partial charge in [0, 0.05) is 5.57 Å². The fraction of sp³-hybridized carbons (Fsp3) is 0.733. The van der Waals surface area contributed by atoms with E-state index >= 15 is 0 Å². The Kier molecular flexibility index (Phi) is 3.97. The molecule has 0 saturated heterocycles. The van der Waals surface area contributed by atoms with Crippen LogP contribution in [-0.2, 0) is 19.1 Å². The maximum atomic E-state index is 12.5. The molecule has 2 fully saturated rings. The molecule has 0 aromatic carbocycles. The highest BCUT2D eigenvalue weighted by Gasteiger charge is 2.63. The van der Waals surface area contributed by atoms with Crippen molar-refractivity contribution in [2.45, 2.75) is 39.5 Å². The number of hydrogen-bond acceptors (Lipinski definition) is 4. The van der Waals surface area contributed by atoms with Crippen LogP contribution < -0.4 is 0 Å². The third-order valence-electron chi connectivity index (χ3n) is 4.08. The molecule has 0 spiro atoms. The molecule has 0 unspecified atom stereocenters. The van der Waals surface area contributed by atoms with Crippen molar-refractivity contribution in [1.29, 1.82) is 0 Å². The molecule has 2 aliphatic rings. The lowest BCUT2D eigenvalue weighted by atomic mass is 9.71. The lowest BCUT2D eigenvalue weighted by molar-refractivity contribution is -0.159. The number of carbonyl (C=O) groups excluding carboxylic acids is 2. The van der Waals surface area contributed by atoms with Crippen molar-refractivity contribution in [1.82, 2.24) is 0 Å². The Morgan fingerprint density at radius 3 is 1.89 bits per heavy atom. The van der Waals surface area contributed by atoms with Gasteiger partial charge in [-0.1, -0.05) is 6.58 Å². The summed E-state index contributed by atoms with van der Waals surface area (Å²) in [7, 11) is 0.